The molecule has 0 aliphatic rings. The number of ketones is 1. The first kappa shape index (κ1) is 9.60. The van der Waals surface area contributed by atoms with Gasteiger partial charge in [0.1, 0.15) is 5.52 Å². The summed E-state index contributed by atoms with van der Waals surface area (Å²) in [6.07, 6.45) is 1.39. The number of carbonyl (C=O) groups is 1. The number of nitrogens with one attached hydrogen (secondary N) is 2. The van der Waals surface area contributed by atoms with Crippen LogP contribution in [0.1, 0.15) is 10.4 Å². The highest BCUT2D eigenvalue weighted by Gasteiger charge is 2.08. The summed E-state index contributed by atoms with van der Waals surface area (Å²) in [7, 11) is 1.68. The lowest BCUT2D eigenvalue weighted by Gasteiger charge is -1.98. The number of Topliss-reactive ketones (excluding diaryl/α,β-unsaturated/α-hetero) is 1. The standard InChI is InChI=1S/C9H9N3O3/c1-10-4-7(13)5-2-6-8(11-3-5)15-9(14)12-6/h2-3,10H,4H2,1H3,(H,12,14). The van der Waals surface area contributed by atoms with E-state index in [2.05, 4.69) is 15.3 Å². The Kier molecular flexibility index (Phi) is 2.34. The van der Waals surface area contributed by atoms with E-state index in [1.54, 1.807) is 13.1 Å². The highest BCUT2D eigenvalue weighted by Crippen LogP contribution is 2.08. The Hall–Kier alpha value is -1.95. The summed E-state index contributed by atoms with van der Waals surface area (Å²) < 4.78 is 4.71. The number of aromatic nitrogens is 2. The second-order valence-corrected chi connectivity index (χ2v) is 3.04. The lowest BCUT2D eigenvalue weighted by atomic mass is 10.2. The summed E-state index contributed by atoms with van der Waals surface area (Å²) in [6, 6.07) is 1.55. The molecular formula is C9H9N3O3. The third-order valence-electron chi connectivity index (χ3n) is 1.94. The molecule has 0 saturated carbocycles. The van der Waals surface area contributed by atoms with Crippen LogP contribution in [0.3, 0.4) is 0 Å². The molecule has 6 nitrogen and oxygen atoms in total. The van der Waals surface area contributed by atoms with Crippen molar-refractivity contribution in [2.45, 2.75) is 0 Å². The summed E-state index contributed by atoms with van der Waals surface area (Å²) in [5, 5.41) is 2.75. The molecule has 0 saturated heterocycles. The van der Waals surface area contributed by atoms with E-state index in [-0.39, 0.29) is 18.0 Å². The maximum absolute atomic E-state index is 11.5. The van der Waals surface area contributed by atoms with Gasteiger partial charge in [-0.1, -0.05) is 0 Å². The number of aromatic amines is 1. The molecule has 6 heteroatoms. The number of rotatable bonds is 3. The molecule has 0 unspecified atom stereocenters. The van der Waals surface area contributed by atoms with Crippen molar-refractivity contribution in [2.24, 2.45) is 0 Å². The van der Waals surface area contributed by atoms with E-state index >= 15 is 0 Å². The number of fused-ring (bicyclic) bond motifs is 1. The van der Waals surface area contributed by atoms with Crippen LogP contribution in [0.5, 0.6) is 0 Å². The van der Waals surface area contributed by atoms with Gasteiger partial charge >= 0.3 is 5.76 Å². The van der Waals surface area contributed by atoms with E-state index in [1.165, 1.54) is 6.20 Å². The third-order valence-corrected chi connectivity index (χ3v) is 1.94. The van der Waals surface area contributed by atoms with Crippen molar-refractivity contribution in [2.75, 3.05) is 13.6 Å². The van der Waals surface area contributed by atoms with Crippen LogP contribution >= 0.6 is 0 Å². The number of hydrogen-bond donors (Lipinski definition) is 2. The Morgan fingerprint density at radius 1 is 1.67 bits per heavy atom. The number of pyridine rings is 1. The van der Waals surface area contributed by atoms with E-state index in [1.807, 2.05) is 0 Å². The quantitative estimate of drug-likeness (QED) is 0.687. The first-order chi connectivity index (χ1) is 7.20. The van der Waals surface area contributed by atoms with Crippen molar-refractivity contribution in [3.63, 3.8) is 0 Å². The number of oxazole rings is 1. The molecule has 0 fully saturated rings. The van der Waals surface area contributed by atoms with E-state index in [9.17, 15) is 9.59 Å². The average Bonchev–Trinajstić information content (AvgIpc) is 2.57. The Bertz CT molecular complexity index is 555. The summed E-state index contributed by atoms with van der Waals surface area (Å²) in [4.78, 5) is 28.6. The van der Waals surface area contributed by atoms with Crippen LogP contribution in [-0.2, 0) is 0 Å². The van der Waals surface area contributed by atoms with Crippen molar-refractivity contribution in [3.05, 3.63) is 28.4 Å². The summed E-state index contributed by atoms with van der Waals surface area (Å²) >= 11 is 0. The summed E-state index contributed by atoms with van der Waals surface area (Å²) in [5.74, 6) is -0.662. The van der Waals surface area contributed by atoms with Gasteiger partial charge in [-0.25, -0.2) is 9.78 Å². The van der Waals surface area contributed by atoms with Crippen LogP contribution in [0, 0.1) is 0 Å². The minimum Gasteiger partial charge on any atom is -0.389 e. The summed E-state index contributed by atoms with van der Waals surface area (Å²) in [6.45, 7) is 0.231. The van der Waals surface area contributed by atoms with Gasteiger partial charge in [-0.3, -0.25) is 9.78 Å². The first-order valence-corrected chi connectivity index (χ1v) is 4.37. The lowest BCUT2D eigenvalue weighted by Crippen LogP contribution is -2.18. The molecule has 2 rings (SSSR count). The Morgan fingerprint density at radius 3 is 3.20 bits per heavy atom. The molecule has 2 aromatic heterocycles. The molecule has 0 amide bonds. The second kappa shape index (κ2) is 3.66. The van der Waals surface area contributed by atoms with Crippen molar-refractivity contribution in [1.29, 1.82) is 0 Å². The lowest BCUT2D eigenvalue weighted by molar-refractivity contribution is 0.0993. The molecular weight excluding hydrogens is 198 g/mol. The van der Waals surface area contributed by atoms with Gasteiger partial charge in [-0.05, 0) is 13.1 Å². The van der Waals surface area contributed by atoms with Gasteiger partial charge in [0.25, 0.3) is 0 Å². The monoisotopic (exact) mass is 207 g/mol. The van der Waals surface area contributed by atoms with Gasteiger partial charge in [-0.2, -0.15) is 0 Å². The predicted molar refractivity (Wildman–Crippen MR) is 52.9 cm³/mol. The van der Waals surface area contributed by atoms with Crippen molar-refractivity contribution in [3.8, 4) is 0 Å². The highest BCUT2D eigenvalue weighted by molar-refractivity contribution is 5.99. The number of H-pyrrole nitrogens is 1. The van der Waals surface area contributed by atoms with Crippen molar-refractivity contribution < 1.29 is 9.21 Å². The SMILES string of the molecule is CNCC(=O)c1cnc2oc(=O)[nH]c2c1. The van der Waals surface area contributed by atoms with E-state index < -0.39 is 5.76 Å². The molecule has 0 aliphatic carbocycles. The largest absolute Gasteiger partial charge is 0.418 e. The molecule has 78 valence electrons. The molecule has 15 heavy (non-hydrogen) atoms. The molecule has 0 radical (unpaired) electrons. The Morgan fingerprint density at radius 2 is 2.47 bits per heavy atom. The maximum Gasteiger partial charge on any atom is 0.418 e. The molecule has 0 bridgehead atoms. The third kappa shape index (κ3) is 1.79. The molecule has 2 N–H and O–H groups in total. The molecule has 0 aromatic carbocycles. The van der Waals surface area contributed by atoms with Gasteiger partial charge in [0, 0.05) is 11.8 Å². The number of nitrogens with zero attached hydrogens (tertiary/aromatic N) is 1. The molecule has 2 aromatic rings. The zero-order valence-corrected chi connectivity index (χ0v) is 8.03. The molecule has 2 heterocycles. The average molecular weight is 207 g/mol. The fourth-order valence-corrected chi connectivity index (χ4v) is 1.26. The fourth-order valence-electron chi connectivity index (χ4n) is 1.26. The van der Waals surface area contributed by atoms with Gasteiger partial charge in [0.15, 0.2) is 5.78 Å². The first-order valence-electron chi connectivity index (χ1n) is 4.37. The second-order valence-electron chi connectivity index (χ2n) is 3.04. The van der Waals surface area contributed by atoms with Crippen LogP contribution in [-0.4, -0.2) is 29.3 Å². The van der Waals surface area contributed by atoms with Crippen LogP contribution in [0.15, 0.2) is 21.5 Å². The van der Waals surface area contributed by atoms with Crippen LogP contribution in [0.4, 0.5) is 0 Å². The van der Waals surface area contributed by atoms with E-state index in [0.29, 0.717) is 11.1 Å². The fraction of sp³-hybridized carbons (Fsp3) is 0.222. The maximum atomic E-state index is 11.5. The van der Waals surface area contributed by atoms with Gasteiger partial charge in [0.2, 0.25) is 5.71 Å². The van der Waals surface area contributed by atoms with Crippen LogP contribution in [0.25, 0.3) is 11.2 Å². The Balaban J connectivity index is 2.46. The van der Waals surface area contributed by atoms with Gasteiger partial charge in [-0.15, -0.1) is 0 Å². The van der Waals surface area contributed by atoms with Crippen LogP contribution < -0.4 is 11.1 Å². The van der Waals surface area contributed by atoms with E-state index in [4.69, 9.17) is 4.42 Å². The minimum atomic E-state index is -0.573. The normalized spacial score (nSPS) is 10.7. The molecule has 0 aliphatic heterocycles. The van der Waals surface area contributed by atoms with E-state index in [0.717, 1.165) is 0 Å². The van der Waals surface area contributed by atoms with Crippen LogP contribution in [0.2, 0.25) is 0 Å². The van der Waals surface area contributed by atoms with Gasteiger partial charge < -0.3 is 9.73 Å². The summed E-state index contributed by atoms with van der Waals surface area (Å²) in [5.41, 5.74) is 1.08. The molecule has 0 atom stereocenters. The number of hydrogen-bond acceptors (Lipinski definition) is 5. The predicted octanol–water partition coefficient (Wildman–Crippen LogP) is -0.0818. The van der Waals surface area contributed by atoms with Gasteiger partial charge in [0.05, 0.1) is 6.54 Å². The van der Waals surface area contributed by atoms with Crippen molar-refractivity contribution in [1.82, 2.24) is 15.3 Å². The zero-order chi connectivity index (χ0) is 10.8. The highest BCUT2D eigenvalue weighted by atomic mass is 16.4. The number of likely N-dealkylation sites (N-methyl/N-ethyl adjacent to an activating group) is 1. The Labute approximate surface area is 84.3 Å². The molecule has 0 spiro atoms. The topological polar surface area (TPSA) is 88.0 Å². The smallest absolute Gasteiger partial charge is 0.389 e. The van der Waals surface area contributed by atoms with Crippen molar-refractivity contribution >= 4 is 17.0 Å². The minimum absolute atomic E-state index is 0.0889. The number of carbonyl (C=O) groups excluding carboxylic acids is 1. The zero-order valence-electron chi connectivity index (χ0n) is 8.03.